The molecule has 0 N–H and O–H groups in total. The number of amides is 2. The van der Waals surface area contributed by atoms with Gasteiger partial charge in [0.25, 0.3) is 5.91 Å². The smallest absolute Gasteiger partial charge is 0.272 e. The van der Waals surface area contributed by atoms with Crippen LogP contribution in [0.3, 0.4) is 0 Å². The topological polar surface area (TPSA) is 62.7 Å². The molecular weight excluding hydrogens is 342 g/mol. The van der Waals surface area contributed by atoms with E-state index in [4.69, 9.17) is 4.74 Å². The van der Waals surface area contributed by atoms with Crippen LogP contribution in [0, 0.1) is 12.3 Å². The Morgan fingerprint density at radius 3 is 2.78 bits per heavy atom. The zero-order valence-electron chi connectivity index (χ0n) is 16.2. The number of piperidine rings is 2. The number of hydrogen-bond acceptors (Lipinski definition) is 4. The van der Waals surface area contributed by atoms with E-state index in [1.54, 1.807) is 6.20 Å². The van der Waals surface area contributed by atoms with Gasteiger partial charge in [-0.25, -0.2) is 0 Å². The van der Waals surface area contributed by atoms with Gasteiger partial charge in [-0.1, -0.05) is 6.07 Å². The molecule has 1 aromatic rings. The van der Waals surface area contributed by atoms with E-state index in [0.717, 1.165) is 70.5 Å². The van der Waals surface area contributed by atoms with Gasteiger partial charge in [0.05, 0.1) is 6.10 Å². The summed E-state index contributed by atoms with van der Waals surface area (Å²) in [6.07, 6.45) is 7.59. The first kappa shape index (κ1) is 18.4. The van der Waals surface area contributed by atoms with E-state index >= 15 is 0 Å². The third-order valence-electron chi connectivity index (χ3n) is 6.44. The molecule has 6 heteroatoms. The van der Waals surface area contributed by atoms with Crippen molar-refractivity contribution in [3.05, 3.63) is 29.6 Å². The van der Waals surface area contributed by atoms with Gasteiger partial charge in [0.1, 0.15) is 5.69 Å². The van der Waals surface area contributed by atoms with Crippen molar-refractivity contribution in [3.8, 4) is 0 Å². The molecule has 0 radical (unpaired) electrons. The Morgan fingerprint density at radius 1 is 1.30 bits per heavy atom. The van der Waals surface area contributed by atoms with E-state index in [-0.39, 0.29) is 23.3 Å². The number of ether oxygens (including phenoxy) is 1. The molecule has 0 unspecified atom stereocenters. The molecule has 3 saturated heterocycles. The molecule has 4 heterocycles. The minimum absolute atomic E-state index is 0.0212. The lowest BCUT2D eigenvalue weighted by atomic mass is 9.72. The number of hydrogen-bond donors (Lipinski definition) is 0. The summed E-state index contributed by atoms with van der Waals surface area (Å²) in [7, 11) is 0. The van der Waals surface area contributed by atoms with Gasteiger partial charge in [-0.3, -0.25) is 14.6 Å². The van der Waals surface area contributed by atoms with Crippen molar-refractivity contribution in [2.24, 2.45) is 5.41 Å². The number of carbonyl (C=O) groups excluding carboxylic acids is 2. The fourth-order valence-electron chi connectivity index (χ4n) is 4.65. The quantitative estimate of drug-likeness (QED) is 0.819. The zero-order valence-corrected chi connectivity index (χ0v) is 16.2. The summed E-state index contributed by atoms with van der Waals surface area (Å²) in [6, 6.07) is 3.74. The molecule has 3 aliphatic heterocycles. The van der Waals surface area contributed by atoms with Crippen molar-refractivity contribution >= 4 is 11.8 Å². The van der Waals surface area contributed by atoms with Crippen LogP contribution in [0.15, 0.2) is 18.3 Å². The van der Waals surface area contributed by atoms with Crippen molar-refractivity contribution < 1.29 is 14.3 Å². The van der Waals surface area contributed by atoms with Crippen LogP contribution < -0.4 is 0 Å². The van der Waals surface area contributed by atoms with Crippen LogP contribution in [0.5, 0.6) is 0 Å². The Kier molecular flexibility index (Phi) is 5.17. The summed E-state index contributed by atoms with van der Waals surface area (Å²) in [5.74, 6) is 0.284. The predicted molar refractivity (Wildman–Crippen MR) is 101 cm³/mol. The first-order chi connectivity index (χ1) is 13.0. The molecule has 27 heavy (non-hydrogen) atoms. The van der Waals surface area contributed by atoms with E-state index in [1.807, 2.05) is 28.9 Å². The summed E-state index contributed by atoms with van der Waals surface area (Å²) in [4.78, 5) is 33.3. The lowest BCUT2D eigenvalue weighted by Crippen LogP contribution is -2.53. The largest absolute Gasteiger partial charge is 0.376 e. The normalized spacial score (nSPS) is 25.2. The van der Waals surface area contributed by atoms with Crippen molar-refractivity contribution in [1.29, 1.82) is 0 Å². The highest BCUT2D eigenvalue weighted by Crippen LogP contribution is 2.40. The second-order valence-corrected chi connectivity index (χ2v) is 8.42. The Labute approximate surface area is 160 Å². The first-order valence-corrected chi connectivity index (χ1v) is 10.2. The van der Waals surface area contributed by atoms with Gasteiger partial charge in [-0.15, -0.1) is 0 Å². The number of nitrogens with zero attached hydrogens (tertiary/aromatic N) is 3. The van der Waals surface area contributed by atoms with E-state index < -0.39 is 0 Å². The van der Waals surface area contributed by atoms with E-state index in [0.29, 0.717) is 12.1 Å². The molecule has 3 fully saturated rings. The van der Waals surface area contributed by atoms with Gasteiger partial charge >= 0.3 is 0 Å². The number of carbonyl (C=O) groups is 2. The van der Waals surface area contributed by atoms with Crippen molar-refractivity contribution in [2.75, 3.05) is 32.8 Å². The van der Waals surface area contributed by atoms with Crippen LogP contribution in [0.1, 0.15) is 54.6 Å². The molecular formula is C21H29N3O3. The van der Waals surface area contributed by atoms with Crippen molar-refractivity contribution in [1.82, 2.24) is 14.8 Å². The third kappa shape index (κ3) is 4.00. The van der Waals surface area contributed by atoms with Crippen molar-refractivity contribution in [3.63, 3.8) is 0 Å². The summed E-state index contributed by atoms with van der Waals surface area (Å²) in [6.45, 7) is 5.83. The second kappa shape index (κ2) is 7.58. The van der Waals surface area contributed by atoms with Gasteiger partial charge in [0.2, 0.25) is 5.91 Å². The van der Waals surface area contributed by atoms with Gasteiger partial charge in [0, 0.05) is 45.4 Å². The number of aromatic nitrogens is 1. The zero-order chi connectivity index (χ0) is 18.9. The summed E-state index contributed by atoms with van der Waals surface area (Å²) >= 11 is 0. The fraction of sp³-hybridized carbons (Fsp3) is 0.667. The molecule has 146 valence electrons. The lowest BCUT2D eigenvalue weighted by molar-refractivity contribution is -0.141. The Balaban J connectivity index is 1.36. The maximum absolute atomic E-state index is 12.7. The number of aryl methyl sites for hydroxylation is 1. The third-order valence-corrected chi connectivity index (χ3v) is 6.44. The molecule has 6 nitrogen and oxygen atoms in total. The first-order valence-electron chi connectivity index (χ1n) is 10.2. The van der Waals surface area contributed by atoms with Gasteiger partial charge < -0.3 is 14.5 Å². The average molecular weight is 371 g/mol. The molecule has 1 aromatic heterocycles. The summed E-state index contributed by atoms with van der Waals surface area (Å²) in [5.41, 5.74) is 1.74. The highest BCUT2D eigenvalue weighted by atomic mass is 16.5. The lowest BCUT2D eigenvalue weighted by Gasteiger charge is -2.47. The highest BCUT2D eigenvalue weighted by Gasteiger charge is 2.42. The van der Waals surface area contributed by atoms with Gasteiger partial charge in [-0.2, -0.15) is 0 Å². The number of pyridine rings is 1. The Hall–Kier alpha value is -1.95. The van der Waals surface area contributed by atoms with E-state index in [9.17, 15) is 9.59 Å². The Morgan fingerprint density at radius 2 is 2.11 bits per heavy atom. The van der Waals surface area contributed by atoms with Gasteiger partial charge in [-0.05, 0) is 56.1 Å². The molecule has 3 aliphatic rings. The molecule has 1 spiro atoms. The van der Waals surface area contributed by atoms with Crippen LogP contribution in [-0.4, -0.2) is 65.5 Å². The molecule has 0 aromatic carbocycles. The van der Waals surface area contributed by atoms with Crippen LogP contribution >= 0.6 is 0 Å². The maximum Gasteiger partial charge on any atom is 0.272 e. The average Bonchev–Trinajstić information content (AvgIpc) is 3.19. The monoisotopic (exact) mass is 371 g/mol. The number of rotatable bonds is 3. The molecule has 2 amide bonds. The Bertz CT molecular complexity index is 689. The van der Waals surface area contributed by atoms with E-state index in [1.165, 1.54) is 0 Å². The highest BCUT2D eigenvalue weighted by molar-refractivity contribution is 5.92. The molecule has 0 bridgehead atoms. The maximum atomic E-state index is 12.7. The van der Waals surface area contributed by atoms with Crippen LogP contribution in [0.25, 0.3) is 0 Å². The summed E-state index contributed by atoms with van der Waals surface area (Å²) in [5, 5.41) is 0. The minimum Gasteiger partial charge on any atom is -0.376 e. The molecule has 1 atom stereocenters. The molecule has 4 rings (SSSR count). The summed E-state index contributed by atoms with van der Waals surface area (Å²) < 4.78 is 5.73. The molecule has 0 saturated carbocycles. The van der Waals surface area contributed by atoms with Crippen LogP contribution in [0.2, 0.25) is 0 Å². The van der Waals surface area contributed by atoms with Crippen molar-refractivity contribution in [2.45, 2.75) is 51.6 Å². The van der Waals surface area contributed by atoms with Crippen LogP contribution in [-0.2, 0) is 9.53 Å². The second-order valence-electron chi connectivity index (χ2n) is 8.42. The minimum atomic E-state index is 0.0212. The van der Waals surface area contributed by atoms with E-state index in [2.05, 4.69) is 4.98 Å². The predicted octanol–water partition coefficient (Wildman–Crippen LogP) is 2.41. The molecule has 0 aliphatic carbocycles. The van der Waals surface area contributed by atoms with Gasteiger partial charge in [0.15, 0.2) is 0 Å². The fourth-order valence-corrected chi connectivity index (χ4v) is 4.65. The standard InChI is InChI=1S/C21H29N3O3/c1-16-4-5-18(22-13-16)20(26)23-10-8-21(9-11-23)7-6-19(25)24(15-21)14-17-3-2-12-27-17/h4-5,13,17H,2-3,6-12,14-15H2,1H3/t17-/m0/s1. The number of likely N-dealkylation sites (tertiary alicyclic amines) is 2. The van der Waals surface area contributed by atoms with Crippen LogP contribution in [0.4, 0.5) is 0 Å². The SMILES string of the molecule is Cc1ccc(C(=O)N2CCC3(CCC(=O)N(C[C@@H]4CCCO4)C3)CC2)nc1.